The second-order valence-electron chi connectivity index (χ2n) is 3.22. The van der Waals surface area contributed by atoms with Crippen molar-refractivity contribution in [2.24, 2.45) is 0 Å². The van der Waals surface area contributed by atoms with Crippen LogP contribution in [0, 0.1) is 5.82 Å². The predicted octanol–water partition coefficient (Wildman–Crippen LogP) is 2.06. The molecular formula is C11H8FN3O2. The number of carbonyl (C=O) groups is 1. The van der Waals surface area contributed by atoms with Crippen molar-refractivity contribution in [1.82, 2.24) is 9.97 Å². The molecule has 17 heavy (non-hydrogen) atoms. The van der Waals surface area contributed by atoms with Gasteiger partial charge < -0.3 is 10.4 Å². The third kappa shape index (κ3) is 2.54. The summed E-state index contributed by atoms with van der Waals surface area (Å²) in [4.78, 5) is 18.4. The lowest BCUT2D eigenvalue weighted by molar-refractivity contribution is 0.0692. The summed E-state index contributed by atoms with van der Waals surface area (Å²) in [6.45, 7) is 0. The zero-order valence-corrected chi connectivity index (χ0v) is 8.59. The summed E-state index contributed by atoms with van der Waals surface area (Å²) < 4.78 is 13.3. The van der Waals surface area contributed by atoms with E-state index in [-0.39, 0.29) is 5.56 Å². The van der Waals surface area contributed by atoms with Gasteiger partial charge in [-0.25, -0.2) is 14.2 Å². The number of aromatic nitrogens is 2. The quantitative estimate of drug-likeness (QED) is 0.848. The highest BCUT2D eigenvalue weighted by Gasteiger charge is 2.10. The minimum Gasteiger partial charge on any atom is -0.478 e. The van der Waals surface area contributed by atoms with E-state index in [9.17, 15) is 9.18 Å². The van der Waals surface area contributed by atoms with Crippen LogP contribution < -0.4 is 5.32 Å². The van der Waals surface area contributed by atoms with Crippen LogP contribution in [0.2, 0.25) is 0 Å². The van der Waals surface area contributed by atoms with Gasteiger partial charge in [0.25, 0.3) is 0 Å². The molecule has 0 radical (unpaired) electrons. The topological polar surface area (TPSA) is 75.1 Å². The molecule has 1 heterocycles. The molecular weight excluding hydrogens is 225 g/mol. The Labute approximate surface area is 96.0 Å². The van der Waals surface area contributed by atoms with Crippen molar-refractivity contribution in [1.29, 1.82) is 0 Å². The highest BCUT2D eigenvalue weighted by molar-refractivity contribution is 5.88. The van der Waals surface area contributed by atoms with Gasteiger partial charge in [0.2, 0.25) is 0 Å². The molecule has 6 heteroatoms. The van der Waals surface area contributed by atoms with Crippen molar-refractivity contribution in [2.45, 2.75) is 0 Å². The van der Waals surface area contributed by atoms with Crippen LogP contribution in [0.4, 0.5) is 15.9 Å². The van der Waals surface area contributed by atoms with Crippen LogP contribution in [0.15, 0.2) is 36.8 Å². The summed E-state index contributed by atoms with van der Waals surface area (Å²) >= 11 is 0. The van der Waals surface area contributed by atoms with Crippen LogP contribution in [0.1, 0.15) is 10.4 Å². The third-order valence-electron chi connectivity index (χ3n) is 2.04. The second kappa shape index (κ2) is 4.56. The summed E-state index contributed by atoms with van der Waals surface area (Å²) in [6, 6.07) is 3.75. The molecule has 5 nitrogen and oxygen atoms in total. The Balaban J connectivity index is 2.24. The zero-order valence-electron chi connectivity index (χ0n) is 8.59. The Morgan fingerprint density at radius 1 is 1.35 bits per heavy atom. The fourth-order valence-corrected chi connectivity index (χ4v) is 1.28. The number of halogens is 1. The molecule has 0 spiro atoms. The molecule has 0 saturated heterocycles. The molecule has 0 aliphatic rings. The van der Waals surface area contributed by atoms with Crippen LogP contribution in [0.5, 0.6) is 0 Å². The fraction of sp³-hybridized carbons (Fsp3) is 0. The molecule has 0 unspecified atom stereocenters. The molecule has 0 amide bonds. The number of hydrogen-bond acceptors (Lipinski definition) is 4. The minimum atomic E-state index is -1.30. The molecule has 0 saturated carbocycles. The molecule has 0 bridgehead atoms. The first-order chi connectivity index (χ1) is 8.16. The number of hydrogen-bond donors (Lipinski definition) is 2. The predicted molar refractivity (Wildman–Crippen MR) is 58.7 cm³/mol. The largest absolute Gasteiger partial charge is 0.478 e. The second-order valence-corrected chi connectivity index (χ2v) is 3.22. The average molecular weight is 233 g/mol. The van der Waals surface area contributed by atoms with E-state index in [0.717, 1.165) is 6.07 Å². The highest BCUT2D eigenvalue weighted by Crippen LogP contribution is 2.17. The number of nitrogens with zero attached hydrogens (tertiary/aromatic N) is 2. The van der Waals surface area contributed by atoms with Crippen molar-refractivity contribution in [2.75, 3.05) is 5.32 Å². The van der Waals surface area contributed by atoms with Gasteiger partial charge in [-0.3, -0.25) is 4.98 Å². The summed E-state index contributed by atoms with van der Waals surface area (Å²) in [5, 5.41) is 11.5. The first kappa shape index (κ1) is 11.0. The summed E-state index contributed by atoms with van der Waals surface area (Å²) in [5.74, 6) is -1.64. The maximum absolute atomic E-state index is 13.3. The molecule has 0 atom stereocenters. The number of carboxylic acid groups (broad SMARTS) is 1. The van der Waals surface area contributed by atoms with Crippen LogP contribution in [0.25, 0.3) is 0 Å². The van der Waals surface area contributed by atoms with E-state index < -0.39 is 11.8 Å². The molecule has 0 aliphatic carbocycles. The fourth-order valence-electron chi connectivity index (χ4n) is 1.28. The Bertz CT molecular complexity index is 546. The standard InChI is InChI=1S/C11H8FN3O2/c12-9-5-7(1-2-8(9)11(16)17)15-10-6-13-3-4-14-10/h1-6H,(H,14,15)(H,16,17). The summed E-state index contributed by atoms with van der Waals surface area (Å²) in [6.07, 6.45) is 4.48. The van der Waals surface area contributed by atoms with Crippen molar-refractivity contribution in [3.8, 4) is 0 Å². The van der Waals surface area contributed by atoms with E-state index in [4.69, 9.17) is 5.11 Å². The molecule has 2 aromatic rings. The Morgan fingerprint density at radius 3 is 2.76 bits per heavy atom. The van der Waals surface area contributed by atoms with Crippen molar-refractivity contribution >= 4 is 17.5 Å². The normalized spacial score (nSPS) is 9.94. The van der Waals surface area contributed by atoms with Crippen molar-refractivity contribution in [3.63, 3.8) is 0 Å². The summed E-state index contributed by atoms with van der Waals surface area (Å²) in [5.41, 5.74) is 0.0442. The van der Waals surface area contributed by atoms with E-state index in [1.54, 1.807) is 0 Å². The average Bonchev–Trinajstić information content (AvgIpc) is 2.30. The first-order valence-corrected chi connectivity index (χ1v) is 4.72. The summed E-state index contributed by atoms with van der Waals surface area (Å²) in [7, 11) is 0. The SMILES string of the molecule is O=C(O)c1ccc(Nc2cnccn2)cc1F. The Morgan fingerprint density at radius 2 is 2.18 bits per heavy atom. The van der Waals surface area contributed by atoms with Gasteiger partial charge in [0, 0.05) is 18.1 Å². The molecule has 86 valence electrons. The van der Waals surface area contributed by atoms with Crippen LogP contribution >= 0.6 is 0 Å². The molecule has 1 aromatic carbocycles. The molecule has 2 rings (SSSR count). The van der Waals surface area contributed by atoms with Gasteiger partial charge >= 0.3 is 5.97 Å². The number of anilines is 2. The highest BCUT2D eigenvalue weighted by atomic mass is 19.1. The van der Waals surface area contributed by atoms with Gasteiger partial charge in [0.05, 0.1) is 11.8 Å². The maximum Gasteiger partial charge on any atom is 0.338 e. The van der Waals surface area contributed by atoms with E-state index in [0.29, 0.717) is 11.5 Å². The van der Waals surface area contributed by atoms with Crippen molar-refractivity contribution < 1.29 is 14.3 Å². The van der Waals surface area contributed by atoms with Gasteiger partial charge in [-0.1, -0.05) is 0 Å². The maximum atomic E-state index is 13.3. The van der Waals surface area contributed by atoms with E-state index in [1.165, 1.54) is 30.7 Å². The lowest BCUT2D eigenvalue weighted by atomic mass is 10.2. The lowest BCUT2D eigenvalue weighted by Crippen LogP contribution is -2.01. The van der Waals surface area contributed by atoms with Gasteiger partial charge in [0.15, 0.2) is 0 Å². The monoisotopic (exact) mass is 233 g/mol. The lowest BCUT2D eigenvalue weighted by Gasteiger charge is -2.05. The number of rotatable bonds is 3. The number of nitrogens with one attached hydrogen (secondary N) is 1. The smallest absolute Gasteiger partial charge is 0.338 e. The minimum absolute atomic E-state index is 0.366. The van der Waals surface area contributed by atoms with Gasteiger partial charge in [-0.2, -0.15) is 0 Å². The van der Waals surface area contributed by atoms with Gasteiger partial charge in [0.1, 0.15) is 11.6 Å². The van der Waals surface area contributed by atoms with Crippen LogP contribution in [0.3, 0.4) is 0 Å². The number of aromatic carboxylic acids is 1. The van der Waals surface area contributed by atoms with Gasteiger partial charge in [-0.15, -0.1) is 0 Å². The zero-order chi connectivity index (χ0) is 12.3. The van der Waals surface area contributed by atoms with E-state index in [2.05, 4.69) is 15.3 Å². The Hall–Kier alpha value is -2.50. The van der Waals surface area contributed by atoms with Gasteiger partial charge in [-0.05, 0) is 18.2 Å². The molecule has 0 aliphatic heterocycles. The molecule has 0 fully saturated rings. The molecule has 1 aromatic heterocycles. The van der Waals surface area contributed by atoms with Crippen LogP contribution in [-0.2, 0) is 0 Å². The Kier molecular flexibility index (Phi) is 2.95. The van der Waals surface area contributed by atoms with E-state index in [1.807, 2.05) is 0 Å². The molecule has 2 N–H and O–H groups in total. The number of carboxylic acids is 1. The van der Waals surface area contributed by atoms with Crippen LogP contribution in [-0.4, -0.2) is 21.0 Å². The van der Waals surface area contributed by atoms with Crippen molar-refractivity contribution in [3.05, 3.63) is 48.2 Å². The van der Waals surface area contributed by atoms with E-state index >= 15 is 0 Å². The third-order valence-corrected chi connectivity index (χ3v) is 2.04. The number of benzene rings is 1. The first-order valence-electron chi connectivity index (χ1n) is 4.72.